The van der Waals surface area contributed by atoms with E-state index in [1.165, 1.54) is 11.3 Å². The van der Waals surface area contributed by atoms with Crippen molar-refractivity contribution in [2.24, 2.45) is 0 Å². The lowest BCUT2D eigenvalue weighted by Crippen LogP contribution is -2.38. The van der Waals surface area contributed by atoms with Crippen LogP contribution in [-0.4, -0.2) is 33.5 Å². The van der Waals surface area contributed by atoms with Gasteiger partial charge in [0, 0.05) is 19.7 Å². The molecule has 0 atom stereocenters. The van der Waals surface area contributed by atoms with Crippen LogP contribution in [0.15, 0.2) is 23.8 Å². The van der Waals surface area contributed by atoms with Crippen LogP contribution in [0, 0.1) is 0 Å². The van der Waals surface area contributed by atoms with Crippen LogP contribution in [0.2, 0.25) is 0 Å². The standard InChI is InChI=1S/C14H17N3O2S/c1-2-19-9-11-12-8-16(5-6-17(12)10-15-11)14(18)13-4-3-7-20-13/h3-4,7,10H,2,5-6,8-9H2,1H3. The average molecular weight is 291 g/mol. The summed E-state index contributed by atoms with van der Waals surface area (Å²) in [5, 5.41) is 1.93. The summed E-state index contributed by atoms with van der Waals surface area (Å²) in [6.45, 7) is 5.29. The van der Waals surface area contributed by atoms with Gasteiger partial charge >= 0.3 is 0 Å². The number of fused-ring (bicyclic) bond motifs is 1. The predicted molar refractivity (Wildman–Crippen MR) is 76.6 cm³/mol. The van der Waals surface area contributed by atoms with Gasteiger partial charge < -0.3 is 14.2 Å². The molecular weight excluding hydrogens is 274 g/mol. The van der Waals surface area contributed by atoms with E-state index in [0.717, 1.165) is 29.4 Å². The Balaban J connectivity index is 1.77. The molecule has 1 amide bonds. The Morgan fingerprint density at radius 1 is 1.50 bits per heavy atom. The van der Waals surface area contributed by atoms with Gasteiger partial charge in [-0.15, -0.1) is 11.3 Å². The van der Waals surface area contributed by atoms with Gasteiger partial charge in [-0.05, 0) is 18.4 Å². The zero-order valence-electron chi connectivity index (χ0n) is 11.4. The van der Waals surface area contributed by atoms with Crippen molar-refractivity contribution >= 4 is 17.2 Å². The molecule has 5 nitrogen and oxygen atoms in total. The molecule has 2 aromatic heterocycles. The van der Waals surface area contributed by atoms with Crippen molar-refractivity contribution in [3.8, 4) is 0 Å². The third-order valence-electron chi connectivity index (χ3n) is 3.45. The summed E-state index contributed by atoms with van der Waals surface area (Å²) < 4.78 is 7.55. The molecule has 0 bridgehead atoms. The fourth-order valence-electron chi connectivity index (χ4n) is 2.36. The smallest absolute Gasteiger partial charge is 0.264 e. The molecule has 106 valence electrons. The van der Waals surface area contributed by atoms with E-state index in [-0.39, 0.29) is 5.91 Å². The molecule has 3 heterocycles. The van der Waals surface area contributed by atoms with Crippen LogP contribution < -0.4 is 0 Å². The van der Waals surface area contributed by atoms with Gasteiger partial charge in [0.25, 0.3) is 5.91 Å². The Morgan fingerprint density at radius 3 is 3.15 bits per heavy atom. The second-order valence-corrected chi connectivity index (χ2v) is 5.62. The van der Waals surface area contributed by atoms with Crippen LogP contribution >= 0.6 is 11.3 Å². The van der Waals surface area contributed by atoms with E-state index in [9.17, 15) is 4.79 Å². The fourth-order valence-corrected chi connectivity index (χ4v) is 3.05. The number of hydrogen-bond donors (Lipinski definition) is 0. The van der Waals surface area contributed by atoms with Crippen molar-refractivity contribution in [1.82, 2.24) is 14.5 Å². The number of carbonyl (C=O) groups is 1. The van der Waals surface area contributed by atoms with Gasteiger partial charge in [-0.2, -0.15) is 0 Å². The number of hydrogen-bond acceptors (Lipinski definition) is 4. The highest BCUT2D eigenvalue weighted by Gasteiger charge is 2.24. The first-order chi connectivity index (χ1) is 9.79. The third-order valence-corrected chi connectivity index (χ3v) is 4.30. The number of thiophene rings is 1. The monoisotopic (exact) mass is 291 g/mol. The zero-order chi connectivity index (χ0) is 13.9. The second kappa shape index (κ2) is 5.76. The number of rotatable bonds is 4. The summed E-state index contributed by atoms with van der Waals surface area (Å²) >= 11 is 1.49. The molecule has 1 aliphatic heterocycles. The molecule has 0 aliphatic carbocycles. The van der Waals surface area contributed by atoms with Crippen LogP contribution in [0.25, 0.3) is 0 Å². The van der Waals surface area contributed by atoms with E-state index in [1.54, 1.807) is 0 Å². The molecule has 0 saturated carbocycles. The highest BCUT2D eigenvalue weighted by atomic mass is 32.1. The van der Waals surface area contributed by atoms with Crippen LogP contribution in [-0.2, 0) is 24.4 Å². The van der Waals surface area contributed by atoms with Gasteiger partial charge in [0.1, 0.15) is 0 Å². The Bertz CT molecular complexity index is 592. The maximum atomic E-state index is 12.4. The lowest BCUT2D eigenvalue weighted by Gasteiger charge is -2.28. The topological polar surface area (TPSA) is 47.4 Å². The van der Waals surface area contributed by atoms with Crippen molar-refractivity contribution in [3.05, 3.63) is 40.1 Å². The minimum Gasteiger partial charge on any atom is -0.375 e. The molecule has 0 unspecified atom stereocenters. The fraction of sp³-hybridized carbons (Fsp3) is 0.429. The van der Waals surface area contributed by atoms with Crippen LogP contribution in [0.3, 0.4) is 0 Å². The maximum Gasteiger partial charge on any atom is 0.264 e. The average Bonchev–Trinajstić information content (AvgIpc) is 3.13. The lowest BCUT2D eigenvalue weighted by atomic mass is 10.2. The summed E-state index contributed by atoms with van der Waals surface area (Å²) in [5.41, 5.74) is 2.03. The summed E-state index contributed by atoms with van der Waals surface area (Å²) in [6, 6.07) is 3.78. The Morgan fingerprint density at radius 2 is 2.40 bits per heavy atom. The number of ether oxygens (including phenoxy) is 1. The molecule has 0 N–H and O–H groups in total. The molecule has 0 saturated heterocycles. The second-order valence-electron chi connectivity index (χ2n) is 4.67. The Hall–Kier alpha value is -1.66. The van der Waals surface area contributed by atoms with Crippen molar-refractivity contribution in [2.45, 2.75) is 26.6 Å². The van der Waals surface area contributed by atoms with Gasteiger partial charge in [-0.25, -0.2) is 4.98 Å². The van der Waals surface area contributed by atoms with Gasteiger partial charge in [-0.3, -0.25) is 4.79 Å². The zero-order valence-corrected chi connectivity index (χ0v) is 12.2. The van der Waals surface area contributed by atoms with E-state index >= 15 is 0 Å². The van der Waals surface area contributed by atoms with Gasteiger partial charge in [0.05, 0.1) is 35.7 Å². The van der Waals surface area contributed by atoms with Gasteiger partial charge in [0.2, 0.25) is 0 Å². The quantitative estimate of drug-likeness (QED) is 0.867. The number of amides is 1. The summed E-state index contributed by atoms with van der Waals surface area (Å²) in [6.07, 6.45) is 1.84. The van der Waals surface area contributed by atoms with E-state index in [2.05, 4.69) is 9.55 Å². The first kappa shape index (κ1) is 13.3. The van der Waals surface area contributed by atoms with Gasteiger partial charge in [-0.1, -0.05) is 6.07 Å². The van der Waals surface area contributed by atoms with E-state index in [4.69, 9.17) is 4.74 Å². The molecule has 1 aliphatic rings. The summed E-state index contributed by atoms with van der Waals surface area (Å²) in [5.74, 6) is 0.106. The minimum atomic E-state index is 0.106. The highest BCUT2D eigenvalue weighted by Crippen LogP contribution is 2.20. The largest absolute Gasteiger partial charge is 0.375 e. The Kier molecular flexibility index (Phi) is 3.84. The van der Waals surface area contributed by atoms with Crippen molar-refractivity contribution < 1.29 is 9.53 Å². The van der Waals surface area contributed by atoms with Crippen LogP contribution in [0.4, 0.5) is 0 Å². The molecule has 0 fully saturated rings. The number of nitrogens with zero attached hydrogens (tertiary/aromatic N) is 3. The molecule has 2 aromatic rings. The molecule has 20 heavy (non-hydrogen) atoms. The van der Waals surface area contributed by atoms with E-state index < -0.39 is 0 Å². The molecule has 0 spiro atoms. The molecular formula is C14H17N3O2S. The SMILES string of the molecule is CCOCc1ncn2c1CN(C(=O)c1cccs1)CC2. The highest BCUT2D eigenvalue weighted by molar-refractivity contribution is 7.12. The van der Waals surface area contributed by atoms with Crippen LogP contribution in [0.1, 0.15) is 28.0 Å². The van der Waals surface area contributed by atoms with Crippen molar-refractivity contribution in [2.75, 3.05) is 13.2 Å². The number of imidazole rings is 1. The molecule has 6 heteroatoms. The number of aromatic nitrogens is 2. The number of carbonyl (C=O) groups excluding carboxylic acids is 1. The molecule has 0 aromatic carbocycles. The normalized spacial score (nSPS) is 14.3. The molecule has 0 radical (unpaired) electrons. The van der Waals surface area contributed by atoms with E-state index in [1.807, 2.05) is 35.7 Å². The summed E-state index contributed by atoms with van der Waals surface area (Å²) in [7, 11) is 0. The minimum absolute atomic E-state index is 0.106. The van der Waals surface area contributed by atoms with Gasteiger partial charge in [0.15, 0.2) is 0 Å². The van der Waals surface area contributed by atoms with Crippen molar-refractivity contribution in [3.63, 3.8) is 0 Å². The summed E-state index contributed by atoms with van der Waals surface area (Å²) in [4.78, 5) is 19.5. The Labute approximate surface area is 121 Å². The van der Waals surface area contributed by atoms with E-state index in [0.29, 0.717) is 19.8 Å². The van der Waals surface area contributed by atoms with Crippen molar-refractivity contribution in [1.29, 1.82) is 0 Å². The maximum absolute atomic E-state index is 12.4. The third kappa shape index (κ3) is 2.48. The predicted octanol–water partition coefficient (Wildman–Crippen LogP) is 2.14. The first-order valence-corrected chi connectivity index (χ1v) is 7.61. The molecule has 3 rings (SSSR count). The first-order valence-electron chi connectivity index (χ1n) is 6.73. The van der Waals surface area contributed by atoms with Crippen LogP contribution in [0.5, 0.6) is 0 Å². The lowest BCUT2D eigenvalue weighted by molar-refractivity contribution is 0.0711.